The highest BCUT2D eigenvalue weighted by atomic mass is 35.5. The van der Waals surface area contributed by atoms with Gasteiger partial charge in [-0.25, -0.2) is 8.42 Å². The Kier molecular flexibility index (Phi) is 6.82. The van der Waals surface area contributed by atoms with Crippen molar-refractivity contribution >= 4 is 27.5 Å². The summed E-state index contributed by atoms with van der Waals surface area (Å²) in [5.41, 5.74) is -1.03. The molecule has 11 heteroatoms. The zero-order valence-electron chi connectivity index (χ0n) is 16.5. The summed E-state index contributed by atoms with van der Waals surface area (Å²) in [5.74, 6) is 0.107. The molecule has 6 nitrogen and oxygen atoms in total. The van der Waals surface area contributed by atoms with Gasteiger partial charge in [0.15, 0.2) is 6.10 Å². The van der Waals surface area contributed by atoms with Gasteiger partial charge >= 0.3 is 6.18 Å². The second kappa shape index (κ2) is 9.05. The fourth-order valence-electron chi connectivity index (χ4n) is 3.18. The van der Waals surface area contributed by atoms with Crippen molar-refractivity contribution in [2.24, 2.45) is 0 Å². The van der Waals surface area contributed by atoms with E-state index in [-0.39, 0.29) is 32.1 Å². The van der Waals surface area contributed by atoms with Crippen LogP contribution in [0.5, 0.6) is 5.75 Å². The maximum Gasteiger partial charge on any atom is 0.416 e. The Morgan fingerprint density at radius 1 is 1.06 bits per heavy atom. The molecule has 1 saturated heterocycles. The molecule has 1 atom stereocenters. The first kappa shape index (κ1) is 23.4. The van der Waals surface area contributed by atoms with E-state index in [1.54, 1.807) is 31.2 Å². The highest BCUT2D eigenvalue weighted by molar-refractivity contribution is 7.89. The van der Waals surface area contributed by atoms with E-state index in [0.29, 0.717) is 16.8 Å². The van der Waals surface area contributed by atoms with Crippen LogP contribution in [0.1, 0.15) is 12.5 Å². The molecule has 2 aromatic rings. The molecule has 2 aromatic carbocycles. The summed E-state index contributed by atoms with van der Waals surface area (Å²) in [4.78, 5) is 13.7. The van der Waals surface area contributed by atoms with Crippen molar-refractivity contribution in [3.05, 3.63) is 59.1 Å². The molecule has 0 saturated carbocycles. The Balaban J connectivity index is 1.64. The van der Waals surface area contributed by atoms with E-state index in [1.807, 2.05) is 0 Å². The van der Waals surface area contributed by atoms with Gasteiger partial charge in [-0.2, -0.15) is 17.5 Å². The maximum atomic E-state index is 12.9. The molecular weight excluding hydrogens is 457 g/mol. The predicted molar refractivity (Wildman–Crippen MR) is 108 cm³/mol. The Bertz CT molecular complexity index is 1050. The van der Waals surface area contributed by atoms with Gasteiger partial charge in [-0.05, 0) is 43.3 Å². The van der Waals surface area contributed by atoms with Crippen molar-refractivity contribution in [2.45, 2.75) is 24.1 Å². The number of rotatable bonds is 5. The first-order valence-electron chi connectivity index (χ1n) is 9.37. The minimum absolute atomic E-state index is 0.0335. The van der Waals surface area contributed by atoms with Crippen LogP contribution in [0.2, 0.25) is 5.02 Å². The Labute approximate surface area is 183 Å². The summed E-state index contributed by atoms with van der Waals surface area (Å²) in [7, 11) is -4.12. The number of hydrogen-bond acceptors (Lipinski definition) is 4. The van der Waals surface area contributed by atoms with E-state index < -0.39 is 32.8 Å². The third-order valence-corrected chi connectivity index (χ3v) is 6.94. The van der Waals surface area contributed by atoms with E-state index >= 15 is 0 Å². The van der Waals surface area contributed by atoms with Gasteiger partial charge in [0.2, 0.25) is 10.0 Å². The molecule has 1 heterocycles. The largest absolute Gasteiger partial charge is 0.481 e. The van der Waals surface area contributed by atoms with E-state index in [1.165, 1.54) is 4.90 Å². The SMILES string of the molecule is CC(Oc1cccc(Cl)c1)C(=O)N1CCN(S(=O)(=O)c2cccc(C(F)(F)F)c2)CC1. The molecule has 0 bridgehead atoms. The second-order valence-corrected chi connectivity index (χ2v) is 9.35. The summed E-state index contributed by atoms with van der Waals surface area (Å²) in [6.07, 6.45) is -5.46. The van der Waals surface area contributed by atoms with Crippen LogP contribution in [-0.2, 0) is 21.0 Å². The molecule has 1 fully saturated rings. The van der Waals surface area contributed by atoms with E-state index in [4.69, 9.17) is 16.3 Å². The summed E-state index contributed by atoms with van der Waals surface area (Å²) < 4.78 is 71.0. The molecule has 0 aromatic heterocycles. The lowest BCUT2D eigenvalue weighted by Crippen LogP contribution is -2.53. The smallest absolute Gasteiger partial charge is 0.416 e. The lowest BCUT2D eigenvalue weighted by molar-refractivity contribution is -0.139. The molecule has 1 unspecified atom stereocenters. The van der Waals surface area contributed by atoms with Gasteiger partial charge in [0, 0.05) is 31.2 Å². The molecule has 0 N–H and O–H groups in total. The molecule has 0 aliphatic carbocycles. The maximum absolute atomic E-state index is 12.9. The normalized spacial score (nSPS) is 16.7. The van der Waals surface area contributed by atoms with Crippen molar-refractivity contribution < 1.29 is 31.1 Å². The summed E-state index contributed by atoms with van der Waals surface area (Å²) >= 11 is 5.90. The molecule has 0 spiro atoms. The van der Waals surface area contributed by atoms with Crippen LogP contribution in [0.3, 0.4) is 0 Å². The first-order valence-corrected chi connectivity index (χ1v) is 11.2. The number of halogens is 4. The molecule has 3 rings (SSSR count). The fourth-order valence-corrected chi connectivity index (χ4v) is 4.83. The second-order valence-electron chi connectivity index (χ2n) is 6.97. The van der Waals surface area contributed by atoms with Crippen LogP contribution >= 0.6 is 11.6 Å². The molecule has 1 aliphatic heterocycles. The summed E-state index contributed by atoms with van der Waals surface area (Å²) in [6.45, 7) is 1.71. The zero-order chi connectivity index (χ0) is 22.8. The molecule has 168 valence electrons. The van der Waals surface area contributed by atoms with Gasteiger partial charge in [-0.1, -0.05) is 23.7 Å². The lowest BCUT2D eigenvalue weighted by Gasteiger charge is -2.35. The number of benzene rings is 2. The Morgan fingerprint density at radius 3 is 2.32 bits per heavy atom. The molecule has 1 amide bonds. The predicted octanol–water partition coefficient (Wildman–Crippen LogP) is 3.66. The minimum Gasteiger partial charge on any atom is -0.481 e. The number of nitrogens with zero attached hydrogens (tertiary/aromatic N) is 2. The molecule has 31 heavy (non-hydrogen) atoms. The number of carbonyl (C=O) groups is 1. The fraction of sp³-hybridized carbons (Fsp3) is 0.350. The standard InChI is InChI=1S/C20H20ClF3N2O4S/c1-14(30-17-6-3-5-16(21)13-17)19(27)25-8-10-26(11-9-25)31(28,29)18-7-2-4-15(12-18)20(22,23)24/h2-7,12-14H,8-11H2,1H3. The van der Waals surface area contributed by atoms with Gasteiger partial charge < -0.3 is 9.64 Å². The average molecular weight is 477 g/mol. The Morgan fingerprint density at radius 2 is 1.71 bits per heavy atom. The molecule has 1 aliphatic rings. The van der Waals surface area contributed by atoms with Crippen LogP contribution in [0.25, 0.3) is 0 Å². The van der Waals surface area contributed by atoms with Crippen molar-refractivity contribution in [1.82, 2.24) is 9.21 Å². The molecule has 0 radical (unpaired) electrons. The van der Waals surface area contributed by atoms with Gasteiger partial charge in [0.25, 0.3) is 5.91 Å². The third kappa shape index (κ3) is 5.50. The number of carbonyl (C=O) groups excluding carboxylic acids is 1. The van der Waals surface area contributed by atoms with Crippen LogP contribution in [-0.4, -0.2) is 55.8 Å². The van der Waals surface area contributed by atoms with Crippen molar-refractivity contribution in [2.75, 3.05) is 26.2 Å². The number of sulfonamides is 1. The monoisotopic (exact) mass is 476 g/mol. The van der Waals surface area contributed by atoms with E-state index in [2.05, 4.69) is 0 Å². The summed E-state index contributed by atoms with van der Waals surface area (Å²) in [6, 6.07) is 10.2. The van der Waals surface area contributed by atoms with E-state index in [9.17, 15) is 26.4 Å². The van der Waals surface area contributed by atoms with Crippen LogP contribution < -0.4 is 4.74 Å². The number of hydrogen-bond donors (Lipinski definition) is 0. The van der Waals surface area contributed by atoms with Crippen LogP contribution in [0.15, 0.2) is 53.4 Å². The topological polar surface area (TPSA) is 66.9 Å². The number of alkyl halides is 3. The summed E-state index contributed by atoms with van der Waals surface area (Å²) in [5, 5.41) is 0.463. The number of ether oxygens (including phenoxy) is 1. The molecular formula is C20H20ClF3N2O4S. The number of piperazine rings is 1. The van der Waals surface area contributed by atoms with Crippen LogP contribution in [0, 0.1) is 0 Å². The lowest BCUT2D eigenvalue weighted by atomic mass is 10.2. The van der Waals surface area contributed by atoms with E-state index in [0.717, 1.165) is 22.5 Å². The van der Waals surface area contributed by atoms with Crippen LogP contribution in [0.4, 0.5) is 13.2 Å². The van der Waals surface area contributed by atoms with Gasteiger partial charge in [-0.15, -0.1) is 0 Å². The van der Waals surface area contributed by atoms with Crippen molar-refractivity contribution in [1.29, 1.82) is 0 Å². The van der Waals surface area contributed by atoms with Gasteiger partial charge in [0.05, 0.1) is 10.5 Å². The zero-order valence-corrected chi connectivity index (χ0v) is 18.0. The van der Waals surface area contributed by atoms with Crippen molar-refractivity contribution in [3.63, 3.8) is 0 Å². The minimum atomic E-state index is -4.64. The third-order valence-electron chi connectivity index (χ3n) is 4.81. The number of amides is 1. The average Bonchev–Trinajstić information content (AvgIpc) is 2.73. The Hall–Kier alpha value is -2.30. The van der Waals surface area contributed by atoms with Gasteiger partial charge in [0.1, 0.15) is 5.75 Å². The van der Waals surface area contributed by atoms with Gasteiger partial charge in [-0.3, -0.25) is 4.79 Å². The highest BCUT2D eigenvalue weighted by Gasteiger charge is 2.35. The highest BCUT2D eigenvalue weighted by Crippen LogP contribution is 2.31. The quantitative estimate of drug-likeness (QED) is 0.660. The van der Waals surface area contributed by atoms with Crippen molar-refractivity contribution in [3.8, 4) is 5.75 Å². The first-order chi connectivity index (χ1) is 14.5.